The van der Waals surface area contributed by atoms with Crippen molar-refractivity contribution in [3.63, 3.8) is 0 Å². The molecule has 1 aromatic heterocycles. The fourth-order valence-corrected chi connectivity index (χ4v) is 2.24. The van der Waals surface area contributed by atoms with E-state index in [2.05, 4.69) is 5.10 Å². The first-order valence-corrected chi connectivity index (χ1v) is 7.98. The highest BCUT2D eigenvalue weighted by Gasteiger charge is 2.05. The summed E-state index contributed by atoms with van der Waals surface area (Å²) >= 11 is 0. The van der Waals surface area contributed by atoms with E-state index in [1.807, 2.05) is 86.5 Å². The number of rotatable bonds is 6. The van der Waals surface area contributed by atoms with Crippen LogP contribution in [0.1, 0.15) is 0 Å². The molecule has 3 rings (SSSR count). The highest BCUT2D eigenvalue weighted by atomic mass is 16.7. The number of ether oxygens (including phenoxy) is 1. The molecule has 0 spiro atoms. The Morgan fingerprint density at radius 2 is 1.24 bits per heavy atom. The molecule has 0 saturated heterocycles. The third kappa shape index (κ3) is 4.23. The topological polar surface area (TPSA) is 42.8 Å². The normalized spacial score (nSPS) is 10.4. The summed E-state index contributed by atoms with van der Waals surface area (Å²) in [6.45, 7) is 0. The molecule has 0 aliphatic heterocycles. The van der Waals surface area contributed by atoms with Crippen molar-refractivity contribution in [3.05, 3.63) is 60.8 Å². The van der Waals surface area contributed by atoms with Crippen molar-refractivity contribution >= 4 is 11.4 Å². The molecule has 1 heterocycles. The zero-order valence-corrected chi connectivity index (χ0v) is 14.9. The third-order valence-electron chi connectivity index (χ3n) is 3.67. The van der Waals surface area contributed by atoms with Gasteiger partial charge in [0.05, 0.1) is 6.20 Å². The number of aromatic nitrogens is 2. The molecule has 0 N–H and O–H groups in total. The van der Waals surface area contributed by atoms with Gasteiger partial charge in [0.1, 0.15) is 5.75 Å². The molecule has 0 bridgehead atoms. The van der Waals surface area contributed by atoms with E-state index in [1.165, 1.54) is 4.85 Å². The first kappa shape index (κ1) is 16.7. The molecule has 2 aromatic carbocycles. The van der Waals surface area contributed by atoms with Crippen molar-refractivity contribution in [1.82, 2.24) is 9.94 Å². The molecule has 0 aliphatic rings. The van der Waals surface area contributed by atoms with E-state index in [0.717, 1.165) is 17.1 Å². The molecule has 130 valence electrons. The average molecular weight is 338 g/mol. The van der Waals surface area contributed by atoms with Gasteiger partial charge in [0.2, 0.25) is 5.88 Å². The quantitative estimate of drug-likeness (QED) is 0.686. The minimum Gasteiger partial charge on any atom is -0.437 e. The lowest BCUT2D eigenvalue weighted by atomic mass is 10.3. The van der Waals surface area contributed by atoms with Crippen LogP contribution in [0.4, 0.5) is 11.4 Å². The van der Waals surface area contributed by atoms with Gasteiger partial charge in [-0.1, -0.05) is 9.94 Å². The zero-order chi connectivity index (χ0) is 17.8. The van der Waals surface area contributed by atoms with Crippen molar-refractivity contribution in [2.24, 2.45) is 0 Å². The van der Waals surface area contributed by atoms with Crippen molar-refractivity contribution in [3.8, 4) is 17.4 Å². The van der Waals surface area contributed by atoms with Gasteiger partial charge in [0.15, 0.2) is 5.75 Å². The van der Waals surface area contributed by atoms with E-state index < -0.39 is 0 Å². The first-order valence-electron chi connectivity index (χ1n) is 7.98. The van der Waals surface area contributed by atoms with E-state index in [4.69, 9.17) is 9.57 Å². The number of anilines is 2. The molecule has 6 heteroatoms. The van der Waals surface area contributed by atoms with Crippen molar-refractivity contribution in [2.45, 2.75) is 0 Å². The summed E-state index contributed by atoms with van der Waals surface area (Å²) in [6.07, 6.45) is 1.71. The van der Waals surface area contributed by atoms with E-state index in [1.54, 1.807) is 12.3 Å². The lowest BCUT2D eigenvalue weighted by Gasteiger charge is -2.12. The van der Waals surface area contributed by atoms with Crippen LogP contribution in [-0.2, 0) is 0 Å². The first-order chi connectivity index (χ1) is 12.0. The van der Waals surface area contributed by atoms with Crippen LogP contribution in [0, 0.1) is 0 Å². The summed E-state index contributed by atoms with van der Waals surface area (Å²) in [5.74, 6) is 1.91. The Bertz CT molecular complexity index is 740. The summed E-state index contributed by atoms with van der Waals surface area (Å²) in [7, 11) is 8.00. The maximum absolute atomic E-state index is 5.74. The molecular formula is C19H22N4O2. The molecule has 0 unspecified atom stereocenters. The second-order valence-corrected chi connectivity index (χ2v) is 6.03. The highest BCUT2D eigenvalue weighted by molar-refractivity contribution is 5.48. The van der Waals surface area contributed by atoms with Crippen LogP contribution in [0.5, 0.6) is 17.4 Å². The average Bonchev–Trinajstić information content (AvgIpc) is 3.02. The second-order valence-electron chi connectivity index (χ2n) is 6.03. The van der Waals surface area contributed by atoms with Gasteiger partial charge in [-0.3, -0.25) is 0 Å². The van der Waals surface area contributed by atoms with E-state index in [0.29, 0.717) is 11.6 Å². The predicted molar refractivity (Wildman–Crippen MR) is 99.9 cm³/mol. The molecule has 0 aliphatic carbocycles. The number of hydrogen-bond donors (Lipinski definition) is 0. The largest absolute Gasteiger partial charge is 0.437 e. The second kappa shape index (κ2) is 7.17. The maximum Gasteiger partial charge on any atom is 0.241 e. The molecule has 0 atom stereocenters. The lowest BCUT2D eigenvalue weighted by molar-refractivity contribution is 0.174. The van der Waals surface area contributed by atoms with E-state index >= 15 is 0 Å². The Kier molecular flexibility index (Phi) is 4.79. The van der Waals surface area contributed by atoms with Gasteiger partial charge in [-0.25, -0.2) is 0 Å². The van der Waals surface area contributed by atoms with E-state index in [-0.39, 0.29) is 0 Å². The standard InChI is InChI=1S/C19H22N4O2/c1-21(2)15-5-9-17(10-6-15)24-19-13-14-23(20-19)25-18-11-7-16(8-12-18)22(3)4/h5-14H,1-4H3. The van der Waals surface area contributed by atoms with Crippen LogP contribution in [0.2, 0.25) is 0 Å². The molecule has 25 heavy (non-hydrogen) atoms. The minimum atomic E-state index is 0.475. The van der Waals surface area contributed by atoms with Crippen LogP contribution in [0.25, 0.3) is 0 Å². The molecule has 0 amide bonds. The fourth-order valence-electron chi connectivity index (χ4n) is 2.24. The Labute approximate surface area is 147 Å². The van der Waals surface area contributed by atoms with Gasteiger partial charge >= 0.3 is 0 Å². The summed E-state index contributed by atoms with van der Waals surface area (Å²) in [5.41, 5.74) is 2.22. The molecule has 0 saturated carbocycles. The van der Waals surface area contributed by atoms with Crippen molar-refractivity contribution in [1.29, 1.82) is 0 Å². The summed E-state index contributed by atoms with van der Waals surface area (Å²) in [5, 5.41) is 4.27. The van der Waals surface area contributed by atoms with Crippen LogP contribution < -0.4 is 19.4 Å². The van der Waals surface area contributed by atoms with Gasteiger partial charge in [0.25, 0.3) is 0 Å². The Morgan fingerprint density at radius 3 is 1.76 bits per heavy atom. The smallest absolute Gasteiger partial charge is 0.241 e. The molecule has 0 fully saturated rings. The van der Waals surface area contributed by atoms with Gasteiger partial charge in [-0.15, -0.1) is 0 Å². The number of nitrogens with zero attached hydrogens (tertiary/aromatic N) is 4. The zero-order valence-electron chi connectivity index (χ0n) is 14.9. The summed E-state index contributed by atoms with van der Waals surface area (Å²) in [4.78, 5) is 11.1. The van der Waals surface area contributed by atoms with Gasteiger partial charge < -0.3 is 19.4 Å². The molecule has 6 nitrogen and oxygen atoms in total. The Balaban J connectivity index is 1.63. The van der Waals surface area contributed by atoms with Crippen LogP contribution in [-0.4, -0.2) is 38.1 Å². The lowest BCUT2D eigenvalue weighted by Crippen LogP contribution is -2.09. The summed E-state index contributed by atoms with van der Waals surface area (Å²) < 4.78 is 5.74. The van der Waals surface area contributed by atoms with Crippen molar-refractivity contribution < 1.29 is 9.57 Å². The highest BCUT2D eigenvalue weighted by Crippen LogP contribution is 2.23. The Morgan fingerprint density at radius 1 is 0.720 bits per heavy atom. The minimum absolute atomic E-state index is 0.475. The molecular weight excluding hydrogens is 316 g/mol. The van der Waals surface area contributed by atoms with Gasteiger partial charge in [0, 0.05) is 45.6 Å². The third-order valence-corrected chi connectivity index (χ3v) is 3.67. The monoisotopic (exact) mass is 338 g/mol. The number of benzene rings is 2. The van der Waals surface area contributed by atoms with Crippen LogP contribution in [0.15, 0.2) is 60.8 Å². The van der Waals surface area contributed by atoms with Crippen LogP contribution >= 0.6 is 0 Å². The van der Waals surface area contributed by atoms with Gasteiger partial charge in [-0.05, 0) is 48.5 Å². The molecule has 0 radical (unpaired) electrons. The molecule has 3 aromatic rings. The predicted octanol–water partition coefficient (Wildman–Crippen LogP) is 3.65. The summed E-state index contributed by atoms with van der Waals surface area (Å²) in [6, 6.07) is 17.3. The SMILES string of the molecule is CN(C)c1ccc(Oc2ccn(Oc3ccc(N(C)C)cc3)n2)cc1. The Hall–Kier alpha value is -3.15. The van der Waals surface area contributed by atoms with E-state index in [9.17, 15) is 0 Å². The van der Waals surface area contributed by atoms with Gasteiger partial charge in [-0.2, -0.15) is 0 Å². The fraction of sp³-hybridized carbons (Fsp3) is 0.211. The maximum atomic E-state index is 5.74. The van der Waals surface area contributed by atoms with Crippen molar-refractivity contribution in [2.75, 3.05) is 38.0 Å². The van der Waals surface area contributed by atoms with Crippen LogP contribution in [0.3, 0.4) is 0 Å². The number of hydrogen-bond acceptors (Lipinski definition) is 5.